The van der Waals surface area contributed by atoms with Gasteiger partial charge in [-0.2, -0.15) is 8.78 Å². The van der Waals surface area contributed by atoms with Crippen LogP contribution in [-0.4, -0.2) is 10.2 Å². The summed E-state index contributed by atoms with van der Waals surface area (Å²) in [6.07, 6.45) is 2.30. The minimum atomic E-state index is -2.81. The van der Waals surface area contributed by atoms with Crippen LogP contribution in [0.25, 0.3) is 0 Å². The first-order chi connectivity index (χ1) is 6.42. The van der Waals surface area contributed by atoms with Crippen LogP contribution < -0.4 is 5.73 Å². The zero-order valence-electron chi connectivity index (χ0n) is 8.05. The number of anilines is 1. The molecule has 1 heterocycles. The van der Waals surface area contributed by atoms with E-state index in [9.17, 15) is 8.78 Å². The number of nitrogens with zero attached hydrogens (tertiary/aromatic N) is 1. The van der Waals surface area contributed by atoms with Crippen LogP contribution in [0.3, 0.4) is 0 Å². The fourth-order valence-electron chi connectivity index (χ4n) is 1.01. The number of aryl methyl sites for hydroxylation is 1. The first-order valence-corrected chi connectivity index (χ1v) is 5.05. The summed E-state index contributed by atoms with van der Waals surface area (Å²) in [5, 5.41) is -2.56. The second-order valence-electron chi connectivity index (χ2n) is 2.98. The summed E-state index contributed by atoms with van der Waals surface area (Å²) in [5.74, 6) is 0. The van der Waals surface area contributed by atoms with Crippen LogP contribution in [-0.2, 0) is 6.42 Å². The SMILES string of the molecule is CCc1cnc(SC(C)(F)F)cc1N. The number of aromatic nitrogens is 1. The predicted molar refractivity (Wildman–Crippen MR) is 54.5 cm³/mol. The van der Waals surface area contributed by atoms with Gasteiger partial charge in [-0.25, -0.2) is 4.98 Å². The van der Waals surface area contributed by atoms with Crippen LogP contribution >= 0.6 is 11.8 Å². The lowest BCUT2D eigenvalue weighted by Gasteiger charge is -2.10. The Kier molecular flexibility index (Phi) is 3.31. The number of thioether (sulfide) groups is 1. The largest absolute Gasteiger partial charge is 0.398 e. The van der Waals surface area contributed by atoms with Crippen LogP contribution in [0.2, 0.25) is 0 Å². The topological polar surface area (TPSA) is 38.9 Å². The highest BCUT2D eigenvalue weighted by Gasteiger charge is 2.23. The Morgan fingerprint density at radius 2 is 2.21 bits per heavy atom. The van der Waals surface area contributed by atoms with Gasteiger partial charge in [-0.15, -0.1) is 0 Å². The first-order valence-electron chi connectivity index (χ1n) is 4.23. The van der Waals surface area contributed by atoms with Crippen molar-refractivity contribution < 1.29 is 8.78 Å². The van der Waals surface area contributed by atoms with Gasteiger partial charge in [-0.05, 0) is 29.8 Å². The normalized spacial score (nSPS) is 11.7. The molecule has 0 fully saturated rings. The maximum atomic E-state index is 12.6. The Labute approximate surface area is 85.9 Å². The molecule has 0 aliphatic carbocycles. The van der Waals surface area contributed by atoms with E-state index in [1.165, 1.54) is 6.07 Å². The third-order valence-corrected chi connectivity index (χ3v) is 2.45. The molecular weight excluding hydrogens is 206 g/mol. The Hall–Kier alpha value is -0.840. The van der Waals surface area contributed by atoms with Gasteiger partial charge >= 0.3 is 0 Å². The highest BCUT2D eigenvalue weighted by Crippen LogP contribution is 2.34. The molecule has 0 saturated heterocycles. The molecule has 0 spiro atoms. The van der Waals surface area contributed by atoms with E-state index in [1.54, 1.807) is 6.20 Å². The smallest absolute Gasteiger partial charge is 0.296 e. The number of hydrogen-bond acceptors (Lipinski definition) is 3. The lowest BCUT2D eigenvalue weighted by atomic mass is 10.2. The summed E-state index contributed by atoms with van der Waals surface area (Å²) in [4.78, 5) is 3.90. The molecule has 1 aromatic heterocycles. The molecule has 0 unspecified atom stereocenters. The van der Waals surface area contributed by atoms with Gasteiger partial charge in [0.25, 0.3) is 5.25 Å². The van der Waals surface area contributed by atoms with E-state index in [0.717, 1.165) is 18.9 Å². The van der Waals surface area contributed by atoms with E-state index in [1.807, 2.05) is 6.92 Å². The monoisotopic (exact) mass is 218 g/mol. The molecule has 0 radical (unpaired) electrons. The number of nitrogens with two attached hydrogens (primary N) is 1. The number of hydrogen-bond donors (Lipinski definition) is 1. The highest BCUT2D eigenvalue weighted by molar-refractivity contribution is 8.00. The van der Waals surface area contributed by atoms with Gasteiger partial charge in [0.05, 0.1) is 0 Å². The van der Waals surface area contributed by atoms with Gasteiger partial charge in [0.1, 0.15) is 5.03 Å². The van der Waals surface area contributed by atoms with Crippen molar-refractivity contribution in [1.82, 2.24) is 4.98 Å². The van der Waals surface area contributed by atoms with E-state index in [0.29, 0.717) is 17.4 Å². The van der Waals surface area contributed by atoms with Crippen molar-refractivity contribution in [3.63, 3.8) is 0 Å². The van der Waals surface area contributed by atoms with Crippen LogP contribution in [0.4, 0.5) is 14.5 Å². The number of alkyl halides is 2. The molecule has 0 aliphatic heterocycles. The lowest BCUT2D eigenvalue weighted by Crippen LogP contribution is -2.03. The number of nitrogen functional groups attached to an aromatic ring is 1. The summed E-state index contributed by atoms with van der Waals surface area (Å²) >= 11 is 0.410. The van der Waals surface area contributed by atoms with Gasteiger partial charge < -0.3 is 5.73 Å². The van der Waals surface area contributed by atoms with E-state index < -0.39 is 5.25 Å². The molecule has 5 heteroatoms. The summed E-state index contributed by atoms with van der Waals surface area (Å²) in [6, 6.07) is 1.49. The quantitative estimate of drug-likeness (QED) is 0.793. The standard InChI is InChI=1S/C9H12F2N2S/c1-3-6-5-13-8(4-7(6)12)14-9(2,10)11/h4-5H,3H2,1-2H3,(H2,12,13). The molecule has 2 N–H and O–H groups in total. The van der Waals surface area contributed by atoms with Gasteiger partial charge in [0, 0.05) is 18.8 Å². The second-order valence-corrected chi connectivity index (χ2v) is 4.32. The average molecular weight is 218 g/mol. The van der Waals surface area contributed by atoms with Crippen molar-refractivity contribution in [1.29, 1.82) is 0 Å². The molecule has 0 amide bonds. The molecule has 0 aliphatic rings. The lowest BCUT2D eigenvalue weighted by molar-refractivity contribution is 0.129. The van der Waals surface area contributed by atoms with Crippen LogP contribution in [0.1, 0.15) is 19.4 Å². The van der Waals surface area contributed by atoms with Crippen molar-refractivity contribution in [2.24, 2.45) is 0 Å². The van der Waals surface area contributed by atoms with Crippen LogP contribution in [0, 0.1) is 0 Å². The van der Waals surface area contributed by atoms with Gasteiger partial charge in [0.15, 0.2) is 0 Å². The first kappa shape index (κ1) is 11.2. The fraction of sp³-hybridized carbons (Fsp3) is 0.444. The average Bonchev–Trinajstić information content (AvgIpc) is 2.01. The Balaban J connectivity index is 2.87. The van der Waals surface area contributed by atoms with Gasteiger partial charge in [-0.1, -0.05) is 6.92 Å². The van der Waals surface area contributed by atoms with Crippen molar-refractivity contribution >= 4 is 17.4 Å². The third kappa shape index (κ3) is 3.14. The fourth-order valence-corrected chi connectivity index (χ4v) is 1.67. The number of rotatable bonds is 3. The third-order valence-electron chi connectivity index (χ3n) is 1.66. The molecule has 0 atom stereocenters. The summed E-state index contributed by atoms with van der Waals surface area (Å²) < 4.78 is 25.2. The minimum Gasteiger partial charge on any atom is -0.398 e. The molecular formula is C9H12F2N2S. The highest BCUT2D eigenvalue weighted by atomic mass is 32.2. The molecule has 0 aromatic carbocycles. The molecule has 0 bridgehead atoms. The summed E-state index contributed by atoms with van der Waals surface area (Å²) in [6.45, 7) is 2.78. The van der Waals surface area contributed by atoms with Crippen LogP contribution in [0.15, 0.2) is 17.3 Å². The van der Waals surface area contributed by atoms with Crippen molar-refractivity contribution in [3.8, 4) is 0 Å². The van der Waals surface area contributed by atoms with Crippen LogP contribution in [0.5, 0.6) is 0 Å². The molecule has 1 aromatic rings. The Bertz CT molecular complexity index is 323. The van der Waals surface area contributed by atoms with Crippen molar-refractivity contribution in [2.75, 3.05) is 5.73 Å². The van der Waals surface area contributed by atoms with E-state index in [2.05, 4.69) is 4.98 Å². The Morgan fingerprint density at radius 3 is 2.64 bits per heavy atom. The van der Waals surface area contributed by atoms with E-state index in [-0.39, 0.29) is 5.03 Å². The molecule has 1 rings (SSSR count). The van der Waals surface area contributed by atoms with Crippen molar-refractivity contribution in [2.45, 2.75) is 30.5 Å². The maximum absolute atomic E-state index is 12.6. The maximum Gasteiger partial charge on any atom is 0.296 e. The minimum absolute atomic E-state index is 0.257. The van der Waals surface area contributed by atoms with Crippen molar-refractivity contribution in [3.05, 3.63) is 17.8 Å². The summed E-state index contributed by atoms with van der Waals surface area (Å²) in [7, 11) is 0. The van der Waals surface area contributed by atoms with Gasteiger partial charge in [-0.3, -0.25) is 0 Å². The second kappa shape index (κ2) is 4.13. The van der Waals surface area contributed by atoms with E-state index >= 15 is 0 Å². The zero-order valence-corrected chi connectivity index (χ0v) is 8.87. The zero-order chi connectivity index (χ0) is 10.8. The van der Waals surface area contributed by atoms with E-state index in [4.69, 9.17) is 5.73 Å². The van der Waals surface area contributed by atoms with Gasteiger partial charge in [0.2, 0.25) is 0 Å². The molecule has 78 valence electrons. The Morgan fingerprint density at radius 1 is 1.57 bits per heavy atom. The number of pyridine rings is 1. The molecule has 14 heavy (non-hydrogen) atoms. The molecule has 0 saturated carbocycles. The molecule has 2 nitrogen and oxygen atoms in total. The number of halogens is 2. The summed E-state index contributed by atoms with van der Waals surface area (Å²) in [5.41, 5.74) is 7.06. The predicted octanol–water partition coefficient (Wildman–Crippen LogP) is 2.93.